The van der Waals surface area contributed by atoms with Crippen LogP contribution in [-0.4, -0.2) is 48.5 Å². The van der Waals surface area contributed by atoms with E-state index in [0.717, 1.165) is 11.1 Å². The number of aromatic nitrogens is 2. The Morgan fingerprint density at radius 2 is 1.88 bits per heavy atom. The van der Waals surface area contributed by atoms with Crippen LogP contribution in [-0.2, 0) is 21.2 Å². The Hall–Kier alpha value is -3.24. The Bertz CT molecular complexity index is 1190. The number of carbonyl (C=O) groups is 1. The van der Waals surface area contributed by atoms with E-state index in [0.29, 0.717) is 30.9 Å². The number of sulfonamides is 1. The van der Waals surface area contributed by atoms with Crippen molar-refractivity contribution in [2.75, 3.05) is 19.0 Å². The molecule has 1 fully saturated rings. The highest BCUT2D eigenvalue weighted by molar-refractivity contribution is 7.89. The second-order valence-electron chi connectivity index (χ2n) is 7.60. The van der Waals surface area contributed by atoms with Crippen LogP contribution in [0.15, 0.2) is 57.8 Å². The van der Waals surface area contributed by atoms with E-state index in [1.54, 1.807) is 12.1 Å². The standard InChI is InChI=1S/C22H24N4O5S/c1-15-5-7-16(8-6-15)14-20-24-25-22(31-20)23-21(27)19-4-3-13-26(19)32(28,29)18-11-9-17(30-2)10-12-18/h5-12,19H,3-4,13-14H2,1-2H3,(H,23,25,27). The molecule has 1 saturated heterocycles. The number of anilines is 1. The largest absolute Gasteiger partial charge is 0.497 e. The Balaban J connectivity index is 1.44. The second-order valence-corrected chi connectivity index (χ2v) is 9.49. The Morgan fingerprint density at radius 1 is 1.16 bits per heavy atom. The molecular weight excluding hydrogens is 432 g/mol. The fourth-order valence-corrected chi connectivity index (χ4v) is 5.27. The molecule has 0 aliphatic carbocycles. The number of hydrogen-bond donors (Lipinski definition) is 1. The average Bonchev–Trinajstić information content (AvgIpc) is 3.45. The molecule has 32 heavy (non-hydrogen) atoms. The van der Waals surface area contributed by atoms with Crippen molar-refractivity contribution < 1.29 is 22.4 Å². The number of benzene rings is 2. The summed E-state index contributed by atoms with van der Waals surface area (Å²) in [7, 11) is -2.33. The van der Waals surface area contributed by atoms with Gasteiger partial charge in [-0.1, -0.05) is 34.9 Å². The van der Waals surface area contributed by atoms with Crippen LogP contribution < -0.4 is 10.1 Å². The van der Waals surface area contributed by atoms with Crippen LogP contribution in [0.5, 0.6) is 5.75 Å². The van der Waals surface area contributed by atoms with E-state index >= 15 is 0 Å². The summed E-state index contributed by atoms with van der Waals surface area (Å²) in [6.45, 7) is 2.26. The molecule has 1 amide bonds. The maximum absolute atomic E-state index is 13.1. The smallest absolute Gasteiger partial charge is 0.322 e. The van der Waals surface area contributed by atoms with Crippen LogP contribution in [0.3, 0.4) is 0 Å². The van der Waals surface area contributed by atoms with Crippen molar-refractivity contribution in [1.29, 1.82) is 0 Å². The molecule has 0 spiro atoms. The minimum atomic E-state index is -3.84. The first kappa shape index (κ1) is 22.0. The summed E-state index contributed by atoms with van der Waals surface area (Å²) >= 11 is 0. The Labute approximate surface area is 186 Å². The third-order valence-corrected chi connectivity index (χ3v) is 7.27. The zero-order valence-corrected chi connectivity index (χ0v) is 18.6. The highest BCUT2D eigenvalue weighted by Gasteiger charge is 2.39. The van der Waals surface area contributed by atoms with Crippen molar-refractivity contribution in [2.24, 2.45) is 0 Å². The molecule has 0 saturated carbocycles. The highest BCUT2D eigenvalue weighted by Crippen LogP contribution is 2.28. The summed E-state index contributed by atoms with van der Waals surface area (Å²) < 4.78 is 38.0. The van der Waals surface area contributed by atoms with E-state index in [1.165, 1.54) is 23.5 Å². The molecule has 1 aromatic heterocycles. The fraction of sp³-hybridized carbons (Fsp3) is 0.318. The Kier molecular flexibility index (Phi) is 6.24. The van der Waals surface area contributed by atoms with Crippen molar-refractivity contribution in [3.8, 4) is 5.75 Å². The quantitative estimate of drug-likeness (QED) is 0.581. The van der Waals surface area contributed by atoms with E-state index < -0.39 is 22.0 Å². The topological polar surface area (TPSA) is 115 Å². The molecule has 2 aromatic carbocycles. The SMILES string of the molecule is COc1ccc(S(=O)(=O)N2CCCC2C(=O)Nc2nnc(Cc3ccc(C)cc3)o2)cc1. The van der Waals surface area contributed by atoms with E-state index in [-0.39, 0.29) is 17.5 Å². The molecule has 3 aromatic rings. The number of nitrogens with one attached hydrogen (secondary N) is 1. The van der Waals surface area contributed by atoms with Gasteiger partial charge in [0.2, 0.25) is 21.8 Å². The molecule has 1 aliphatic heterocycles. The maximum Gasteiger partial charge on any atom is 0.322 e. The lowest BCUT2D eigenvalue weighted by molar-refractivity contribution is -0.119. The molecule has 168 valence electrons. The average molecular weight is 457 g/mol. The molecule has 10 heteroatoms. The van der Waals surface area contributed by atoms with Crippen molar-refractivity contribution in [2.45, 2.75) is 37.1 Å². The zero-order chi connectivity index (χ0) is 22.7. The van der Waals surface area contributed by atoms with Gasteiger partial charge in [-0.2, -0.15) is 4.31 Å². The number of amides is 1. The van der Waals surface area contributed by atoms with Gasteiger partial charge in [0, 0.05) is 6.54 Å². The molecule has 1 atom stereocenters. The van der Waals surface area contributed by atoms with Gasteiger partial charge >= 0.3 is 6.01 Å². The molecule has 0 bridgehead atoms. The number of carbonyl (C=O) groups excluding carboxylic acids is 1. The van der Waals surface area contributed by atoms with Gasteiger partial charge in [-0.15, -0.1) is 5.10 Å². The summed E-state index contributed by atoms with van der Waals surface area (Å²) in [5, 5.41) is 10.4. The highest BCUT2D eigenvalue weighted by atomic mass is 32.2. The van der Waals surface area contributed by atoms with Crippen LogP contribution in [0.4, 0.5) is 6.01 Å². The normalized spacial score (nSPS) is 16.8. The second kappa shape index (κ2) is 9.09. The number of aryl methyl sites for hydroxylation is 1. The van der Waals surface area contributed by atoms with Crippen LogP contribution in [0.1, 0.15) is 29.9 Å². The molecule has 0 radical (unpaired) electrons. The summed E-state index contributed by atoms with van der Waals surface area (Å²) in [5.74, 6) is 0.418. The van der Waals surface area contributed by atoms with Crippen molar-refractivity contribution in [3.63, 3.8) is 0 Å². The summed E-state index contributed by atoms with van der Waals surface area (Å²) in [6, 6.07) is 13.1. The maximum atomic E-state index is 13.1. The molecule has 4 rings (SSSR count). The van der Waals surface area contributed by atoms with Crippen molar-refractivity contribution in [3.05, 3.63) is 65.5 Å². The minimum absolute atomic E-state index is 0.0502. The first-order valence-corrected chi connectivity index (χ1v) is 11.7. The molecule has 2 heterocycles. The molecular formula is C22H24N4O5S. The van der Waals surface area contributed by atoms with Gasteiger partial charge in [0.1, 0.15) is 11.8 Å². The molecule has 1 N–H and O–H groups in total. The van der Waals surface area contributed by atoms with Crippen molar-refractivity contribution >= 4 is 21.9 Å². The van der Waals surface area contributed by atoms with Crippen molar-refractivity contribution in [1.82, 2.24) is 14.5 Å². The lowest BCUT2D eigenvalue weighted by Crippen LogP contribution is -2.43. The van der Waals surface area contributed by atoms with Gasteiger partial charge in [-0.3, -0.25) is 10.1 Å². The van der Waals surface area contributed by atoms with Gasteiger partial charge in [0.05, 0.1) is 18.4 Å². The third kappa shape index (κ3) is 4.66. The third-order valence-electron chi connectivity index (χ3n) is 5.35. The number of ether oxygens (including phenoxy) is 1. The van der Waals surface area contributed by atoms with E-state index in [1.807, 2.05) is 31.2 Å². The van der Waals surface area contributed by atoms with Crippen LogP contribution in [0.25, 0.3) is 0 Å². The first-order valence-electron chi connectivity index (χ1n) is 10.2. The summed E-state index contributed by atoms with van der Waals surface area (Å²) in [4.78, 5) is 13.0. The van der Waals surface area contributed by atoms with Gasteiger partial charge in [-0.05, 0) is 49.6 Å². The number of methoxy groups -OCH3 is 1. The lowest BCUT2D eigenvalue weighted by Gasteiger charge is -2.22. The number of nitrogens with zero attached hydrogens (tertiary/aromatic N) is 3. The zero-order valence-electron chi connectivity index (χ0n) is 17.8. The van der Waals surface area contributed by atoms with E-state index in [9.17, 15) is 13.2 Å². The minimum Gasteiger partial charge on any atom is -0.497 e. The van der Waals surface area contributed by atoms with E-state index in [4.69, 9.17) is 9.15 Å². The molecule has 1 unspecified atom stereocenters. The van der Waals surface area contributed by atoms with Crippen LogP contribution in [0.2, 0.25) is 0 Å². The Morgan fingerprint density at radius 3 is 2.56 bits per heavy atom. The predicted molar refractivity (Wildman–Crippen MR) is 117 cm³/mol. The molecule has 9 nitrogen and oxygen atoms in total. The predicted octanol–water partition coefficient (Wildman–Crippen LogP) is 2.77. The summed E-state index contributed by atoms with van der Waals surface area (Å²) in [6.07, 6.45) is 1.42. The lowest BCUT2D eigenvalue weighted by atomic mass is 10.1. The monoisotopic (exact) mass is 456 g/mol. The van der Waals surface area contributed by atoms with Gasteiger partial charge in [-0.25, -0.2) is 8.42 Å². The van der Waals surface area contributed by atoms with Gasteiger partial charge < -0.3 is 9.15 Å². The fourth-order valence-electron chi connectivity index (χ4n) is 3.62. The number of hydrogen-bond acceptors (Lipinski definition) is 7. The number of rotatable bonds is 7. The van der Waals surface area contributed by atoms with Gasteiger partial charge in [0.25, 0.3) is 0 Å². The summed E-state index contributed by atoms with van der Waals surface area (Å²) in [5.41, 5.74) is 2.16. The van der Waals surface area contributed by atoms with Gasteiger partial charge in [0.15, 0.2) is 0 Å². The first-order chi connectivity index (χ1) is 15.4. The van der Waals surface area contributed by atoms with Crippen LogP contribution >= 0.6 is 0 Å². The molecule has 1 aliphatic rings. The van der Waals surface area contributed by atoms with Crippen LogP contribution in [0, 0.1) is 6.92 Å². The van der Waals surface area contributed by atoms with E-state index in [2.05, 4.69) is 15.5 Å².